The lowest BCUT2D eigenvalue weighted by Gasteiger charge is -2.05. The molecule has 0 spiro atoms. The zero-order valence-corrected chi connectivity index (χ0v) is 10.2. The number of fused-ring (bicyclic) bond motifs is 1. The second-order valence-corrected chi connectivity index (χ2v) is 4.67. The van der Waals surface area contributed by atoms with Crippen molar-refractivity contribution in [2.75, 3.05) is 6.54 Å². The van der Waals surface area contributed by atoms with Crippen LogP contribution in [-0.2, 0) is 0 Å². The molecular weight excluding hydrogens is 210 g/mol. The SMILES string of the molecule is CC(C)CNC(=O)c1cc2cccccc-2c1. The molecule has 1 N–H and O–H groups in total. The molecule has 2 nitrogen and oxygen atoms in total. The van der Waals surface area contributed by atoms with Crippen molar-refractivity contribution in [1.82, 2.24) is 5.32 Å². The van der Waals surface area contributed by atoms with Crippen molar-refractivity contribution in [3.8, 4) is 11.1 Å². The van der Waals surface area contributed by atoms with Crippen LogP contribution in [-0.4, -0.2) is 12.5 Å². The summed E-state index contributed by atoms with van der Waals surface area (Å²) in [5.74, 6) is 0.485. The highest BCUT2D eigenvalue weighted by Crippen LogP contribution is 2.24. The number of carbonyl (C=O) groups is 1. The smallest absolute Gasteiger partial charge is 0.251 e. The quantitative estimate of drug-likeness (QED) is 0.857. The van der Waals surface area contributed by atoms with E-state index >= 15 is 0 Å². The van der Waals surface area contributed by atoms with Crippen molar-refractivity contribution in [3.63, 3.8) is 0 Å². The summed E-state index contributed by atoms with van der Waals surface area (Å²) in [6.07, 6.45) is 0. The molecule has 0 aliphatic heterocycles. The average Bonchev–Trinajstić information content (AvgIpc) is 2.58. The van der Waals surface area contributed by atoms with E-state index in [0.29, 0.717) is 12.5 Å². The first-order chi connectivity index (χ1) is 8.16. The molecule has 2 aliphatic carbocycles. The van der Waals surface area contributed by atoms with Gasteiger partial charge in [0.05, 0.1) is 0 Å². The average molecular weight is 227 g/mol. The minimum absolute atomic E-state index is 0.0116. The van der Waals surface area contributed by atoms with Crippen molar-refractivity contribution in [2.45, 2.75) is 13.8 Å². The molecule has 1 amide bonds. The van der Waals surface area contributed by atoms with Gasteiger partial charge in [-0.25, -0.2) is 0 Å². The van der Waals surface area contributed by atoms with Gasteiger partial charge in [0, 0.05) is 12.1 Å². The van der Waals surface area contributed by atoms with Gasteiger partial charge in [0.2, 0.25) is 0 Å². The Kier molecular flexibility index (Phi) is 3.43. The predicted octanol–water partition coefficient (Wildman–Crippen LogP) is 3.18. The summed E-state index contributed by atoms with van der Waals surface area (Å²) < 4.78 is 0. The third-order valence-electron chi connectivity index (χ3n) is 2.66. The van der Waals surface area contributed by atoms with E-state index in [1.54, 1.807) is 0 Å². The molecule has 0 heterocycles. The maximum atomic E-state index is 11.9. The van der Waals surface area contributed by atoms with Crippen LogP contribution < -0.4 is 5.32 Å². The van der Waals surface area contributed by atoms with Gasteiger partial charge >= 0.3 is 0 Å². The Morgan fingerprint density at radius 3 is 2.24 bits per heavy atom. The maximum absolute atomic E-state index is 11.9. The summed E-state index contributed by atoms with van der Waals surface area (Å²) in [7, 11) is 0. The van der Waals surface area contributed by atoms with Crippen molar-refractivity contribution in [3.05, 3.63) is 48.0 Å². The molecule has 0 fully saturated rings. The second kappa shape index (κ2) is 5.00. The normalized spacial score (nSPS) is 10.8. The van der Waals surface area contributed by atoms with E-state index in [2.05, 4.69) is 19.2 Å². The highest BCUT2D eigenvalue weighted by Gasteiger charge is 2.11. The summed E-state index contributed by atoms with van der Waals surface area (Å²) >= 11 is 0. The van der Waals surface area contributed by atoms with Gasteiger partial charge in [-0.2, -0.15) is 0 Å². The van der Waals surface area contributed by atoms with Gasteiger partial charge in [0.1, 0.15) is 0 Å². The van der Waals surface area contributed by atoms with E-state index in [1.165, 1.54) is 0 Å². The van der Waals surface area contributed by atoms with E-state index in [9.17, 15) is 4.79 Å². The third kappa shape index (κ3) is 2.84. The number of carbonyl (C=O) groups excluding carboxylic acids is 1. The lowest BCUT2D eigenvalue weighted by atomic mass is 10.2. The summed E-state index contributed by atoms with van der Waals surface area (Å²) in [6, 6.07) is 13.9. The monoisotopic (exact) mass is 227 g/mol. The predicted molar refractivity (Wildman–Crippen MR) is 70.2 cm³/mol. The van der Waals surface area contributed by atoms with Gasteiger partial charge in [-0.3, -0.25) is 4.79 Å². The highest BCUT2D eigenvalue weighted by atomic mass is 16.1. The van der Waals surface area contributed by atoms with Gasteiger partial charge in [-0.1, -0.05) is 44.2 Å². The minimum Gasteiger partial charge on any atom is -0.352 e. The molecule has 0 aromatic carbocycles. The molecule has 0 radical (unpaired) electrons. The standard InChI is InChI=1S/C15H17NO/c1-11(2)10-16-15(17)14-8-12-6-4-3-5-7-13(12)9-14/h3-9,11H,10H2,1-2H3,(H,16,17). The van der Waals surface area contributed by atoms with E-state index < -0.39 is 0 Å². The molecule has 2 aliphatic rings. The van der Waals surface area contributed by atoms with Gasteiger partial charge in [-0.15, -0.1) is 0 Å². The summed E-state index contributed by atoms with van der Waals surface area (Å²) in [6.45, 7) is 4.89. The Balaban J connectivity index is 2.20. The zero-order valence-electron chi connectivity index (χ0n) is 10.2. The molecule has 0 saturated carbocycles. The maximum Gasteiger partial charge on any atom is 0.251 e. The molecule has 2 heteroatoms. The number of amides is 1. The molecule has 17 heavy (non-hydrogen) atoms. The van der Waals surface area contributed by atoms with Gasteiger partial charge < -0.3 is 5.32 Å². The molecule has 2 rings (SSSR count). The van der Waals surface area contributed by atoms with Crippen molar-refractivity contribution in [2.24, 2.45) is 5.92 Å². The Bertz CT molecular complexity index is 460. The fourth-order valence-electron chi connectivity index (χ4n) is 1.74. The summed E-state index contributed by atoms with van der Waals surface area (Å²) in [5.41, 5.74) is 2.95. The second-order valence-electron chi connectivity index (χ2n) is 4.67. The Morgan fingerprint density at radius 1 is 1.12 bits per heavy atom. The van der Waals surface area contributed by atoms with Crippen LogP contribution in [0.1, 0.15) is 24.2 Å². The Hall–Kier alpha value is -1.83. The minimum atomic E-state index is 0.0116. The van der Waals surface area contributed by atoms with E-state index in [1.807, 2.05) is 42.5 Å². The van der Waals surface area contributed by atoms with Crippen LogP contribution in [0.5, 0.6) is 0 Å². The largest absolute Gasteiger partial charge is 0.352 e. The zero-order chi connectivity index (χ0) is 12.3. The molecular formula is C15H17NO. The van der Waals surface area contributed by atoms with E-state index in [4.69, 9.17) is 0 Å². The number of hydrogen-bond donors (Lipinski definition) is 1. The molecule has 0 aromatic rings. The molecule has 88 valence electrons. The molecule has 0 unspecified atom stereocenters. The Labute approximate surface area is 102 Å². The summed E-state index contributed by atoms with van der Waals surface area (Å²) in [4.78, 5) is 11.9. The van der Waals surface area contributed by atoms with E-state index in [0.717, 1.165) is 16.7 Å². The first-order valence-corrected chi connectivity index (χ1v) is 5.94. The van der Waals surface area contributed by atoms with E-state index in [-0.39, 0.29) is 5.91 Å². The van der Waals surface area contributed by atoms with Crippen LogP contribution in [0.25, 0.3) is 11.1 Å². The van der Waals surface area contributed by atoms with Crippen LogP contribution in [0.15, 0.2) is 42.5 Å². The fraction of sp³-hybridized carbons (Fsp3) is 0.267. The highest BCUT2D eigenvalue weighted by molar-refractivity contribution is 5.97. The first-order valence-electron chi connectivity index (χ1n) is 5.94. The molecule has 0 atom stereocenters. The van der Waals surface area contributed by atoms with Gasteiger partial charge in [0.15, 0.2) is 0 Å². The molecule has 0 bridgehead atoms. The lowest BCUT2D eigenvalue weighted by molar-refractivity contribution is 0.0949. The van der Waals surface area contributed by atoms with Crippen LogP contribution in [0.4, 0.5) is 0 Å². The third-order valence-corrected chi connectivity index (χ3v) is 2.66. The molecule has 0 saturated heterocycles. The topological polar surface area (TPSA) is 29.1 Å². The number of rotatable bonds is 3. The van der Waals surface area contributed by atoms with Crippen LogP contribution >= 0.6 is 0 Å². The van der Waals surface area contributed by atoms with Crippen LogP contribution in [0.3, 0.4) is 0 Å². The Morgan fingerprint density at radius 2 is 1.71 bits per heavy atom. The molecule has 0 aromatic heterocycles. The first kappa shape index (κ1) is 11.6. The van der Waals surface area contributed by atoms with Gasteiger partial charge in [-0.05, 0) is 29.2 Å². The van der Waals surface area contributed by atoms with Gasteiger partial charge in [0.25, 0.3) is 5.91 Å². The van der Waals surface area contributed by atoms with Crippen molar-refractivity contribution >= 4 is 5.91 Å². The van der Waals surface area contributed by atoms with Crippen molar-refractivity contribution in [1.29, 1.82) is 0 Å². The van der Waals surface area contributed by atoms with Crippen molar-refractivity contribution < 1.29 is 4.79 Å². The number of hydrogen-bond acceptors (Lipinski definition) is 1. The fourth-order valence-corrected chi connectivity index (χ4v) is 1.74. The van der Waals surface area contributed by atoms with Crippen LogP contribution in [0, 0.1) is 5.92 Å². The number of nitrogens with one attached hydrogen (secondary N) is 1. The lowest BCUT2D eigenvalue weighted by Crippen LogP contribution is -2.26. The summed E-state index contributed by atoms with van der Waals surface area (Å²) in [5, 5.41) is 2.93. The van der Waals surface area contributed by atoms with Crippen LogP contribution in [0.2, 0.25) is 0 Å².